The molecule has 5 N–H and O–H groups in total. The molecule has 0 saturated carbocycles. The molecule has 0 amide bonds. The number of rotatable bonds is 3. The number of hydrogen-bond donors (Lipinski definition) is 3. The zero-order valence-electron chi connectivity index (χ0n) is 10.1. The minimum absolute atomic E-state index is 0.0428. The number of halogens is 4. The molecule has 2 aromatic rings. The normalized spacial score (nSPS) is 12.4. The van der Waals surface area contributed by atoms with Gasteiger partial charge in [-0.05, 0) is 29.8 Å². The van der Waals surface area contributed by atoms with E-state index in [9.17, 15) is 8.78 Å². The maximum Gasteiger partial charge on any atom is 0.165 e. The summed E-state index contributed by atoms with van der Waals surface area (Å²) in [5, 5.41) is 0.467. The minimum Gasteiger partial charge on any atom is -0.398 e. The molecule has 0 bridgehead atoms. The van der Waals surface area contributed by atoms with Crippen molar-refractivity contribution in [2.24, 2.45) is 5.84 Å². The van der Waals surface area contributed by atoms with Crippen LogP contribution in [0.5, 0.6) is 0 Å². The van der Waals surface area contributed by atoms with Gasteiger partial charge in [-0.15, -0.1) is 0 Å². The second kappa shape index (κ2) is 5.93. The van der Waals surface area contributed by atoms with Crippen molar-refractivity contribution in [3.63, 3.8) is 0 Å². The maximum atomic E-state index is 14.0. The van der Waals surface area contributed by atoms with Crippen molar-refractivity contribution < 1.29 is 8.78 Å². The summed E-state index contributed by atoms with van der Waals surface area (Å²) in [7, 11) is 0. The Morgan fingerprint density at radius 2 is 1.80 bits per heavy atom. The monoisotopic (exact) mass is 317 g/mol. The van der Waals surface area contributed by atoms with Gasteiger partial charge in [-0.25, -0.2) is 14.2 Å². The summed E-state index contributed by atoms with van der Waals surface area (Å²) in [4.78, 5) is 0. The van der Waals surface area contributed by atoms with Crippen molar-refractivity contribution in [1.82, 2.24) is 5.43 Å². The predicted molar refractivity (Wildman–Crippen MR) is 76.4 cm³/mol. The van der Waals surface area contributed by atoms with Crippen LogP contribution in [0.1, 0.15) is 17.2 Å². The van der Waals surface area contributed by atoms with Crippen LogP contribution in [0.3, 0.4) is 0 Å². The van der Waals surface area contributed by atoms with Crippen LogP contribution in [-0.2, 0) is 0 Å². The van der Waals surface area contributed by atoms with Crippen molar-refractivity contribution in [2.45, 2.75) is 6.04 Å². The van der Waals surface area contributed by atoms with E-state index >= 15 is 0 Å². The summed E-state index contributed by atoms with van der Waals surface area (Å²) in [6.07, 6.45) is 0. The fourth-order valence-corrected chi connectivity index (χ4v) is 2.38. The first kappa shape index (κ1) is 15.0. The Bertz CT molecular complexity index is 650. The Balaban J connectivity index is 2.61. The molecule has 3 nitrogen and oxygen atoms in total. The molecular formula is C13H11Cl2F2N3. The van der Waals surface area contributed by atoms with Crippen LogP contribution < -0.4 is 17.0 Å². The standard InChI is InChI=1S/C13H11Cl2F2N3/c14-6-1-2-7(10(18)5-6)13(20-19)11-8(15)3-4-9(16)12(11)17/h1-5,13,20H,18-19H2. The zero-order chi connectivity index (χ0) is 14.9. The van der Waals surface area contributed by atoms with Crippen LogP contribution >= 0.6 is 23.2 Å². The third kappa shape index (κ3) is 2.71. The lowest BCUT2D eigenvalue weighted by molar-refractivity contribution is 0.483. The van der Waals surface area contributed by atoms with Crippen molar-refractivity contribution in [3.05, 3.63) is 63.1 Å². The molecule has 106 valence electrons. The van der Waals surface area contributed by atoms with Gasteiger partial charge in [-0.2, -0.15) is 0 Å². The molecule has 0 fully saturated rings. The molecule has 7 heteroatoms. The van der Waals surface area contributed by atoms with Gasteiger partial charge < -0.3 is 5.73 Å². The highest BCUT2D eigenvalue weighted by Gasteiger charge is 2.24. The molecule has 0 heterocycles. The van der Waals surface area contributed by atoms with E-state index in [2.05, 4.69) is 5.43 Å². The van der Waals surface area contributed by atoms with Crippen LogP contribution in [0.4, 0.5) is 14.5 Å². The highest BCUT2D eigenvalue weighted by Crippen LogP contribution is 2.34. The van der Waals surface area contributed by atoms with E-state index in [0.29, 0.717) is 16.3 Å². The molecule has 1 unspecified atom stereocenters. The summed E-state index contributed by atoms with van der Waals surface area (Å²) < 4.78 is 27.4. The largest absolute Gasteiger partial charge is 0.398 e. The molecule has 0 aliphatic heterocycles. The Hall–Kier alpha value is -1.40. The molecule has 2 rings (SSSR count). The van der Waals surface area contributed by atoms with Gasteiger partial charge in [0.05, 0.1) is 6.04 Å². The lowest BCUT2D eigenvalue weighted by Crippen LogP contribution is -2.30. The average molecular weight is 318 g/mol. The van der Waals surface area contributed by atoms with E-state index < -0.39 is 17.7 Å². The second-order valence-electron chi connectivity index (χ2n) is 4.13. The van der Waals surface area contributed by atoms with E-state index in [4.69, 9.17) is 34.8 Å². The minimum atomic E-state index is -1.07. The average Bonchev–Trinajstić information content (AvgIpc) is 2.40. The number of nitrogens with two attached hydrogens (primary N) is 2. The molecule has 2 aromatic carbocycles. The summed E-state index contributed by atoms with van der Waals surface area (Å²) in [6, 6.07) is 5.94. The van der Waals surface area contributed by atoms with Gasteiger partial charge in [0, 0.05) is 21.3 Å². The van der Waals surface area contributed by atoms with Crippen LogP contribution in [0.15, 0.2) is 30.3 Å². The van der Waals surface area contributed by atoms with Crippen molar-refractivity contribution >= 4 is 28.9 Å². The first-order valence-electron chi connectivity index (χ1n) is 5.60. The van der Waals surface area contributed by atoms with E-state index in [-0.39, 0.29) is 10.6 Å². The quantitative estimate of drug-likeness (QED) is 0.352. The lowest BCUT2D eigenvalue weighted by atomic mass is 9.97. The molecule has 0 radical (unpaired) electrons. The van der Waals surface area contributed by atoms with Crippen LogP contribution in [0.25, 0.3) is 0 Å². The molecular weight excluding hydrogens is 307 g/mol. The number of nitrogens with one attached hydrogen (secondary N) is 1. The summed E-state index contributed by atoms with van der Waals surface area (Å²) in [5.74, 6) is 3.35. The van der Waals surface area contributed by atoms with E-state index in [1.165, 1.54) is 12.1 Å². The topological polar surface area (TPSA) is 64.1 Å². The van der Waals surface area contributed by atoms with Gasteiger partial charge in [0.1, 0.15) is 0 Å². The highest BCUT2D eigenvalue weighted by atomic mass is 35.5. The number of hydrogen-bond acceptors (Lipinski definition) is 3. The molecule has 0 aliphatic rings. The number of benzene rings is 2. The van der Waals surface area contributed by atoms with Gasteiger partial charge in [0.25, 0.3) is 0 Å². The fourth-order valence-electron chi connectivity index (χ4n) is 1.94. The molecule has 20 heavy (non-hydrogen) atoms. The molecule has 0 aromatic heterocycles. The van der Waals surface area contributed by atoms with E-state index in [1.807, 2.05) is 0 Å². The third-order valence-corrected chi connectivity index (χ3v) is 3.46. The first-order chi connectivity index (χ1) is 9.45. The number of nitrogen functional groups attached to an aromatic ring is 1. The fraction of sp³-hybridized carbons (Fsp3) is 0.0769. The van der Waals surface area contributed by atoms with Crippen LogP contribution in [0, 0.1) is 11.6 Å². The van der Waals surface area contributed by atoms with Crippen molar-refractivity contribution in [2.75, 3.05) is 5.73 Å². The van der Waals surface area contributed by atoms with E-state index in [1.54, 1.807) is 12.1 Å². The van der Waals surface area contributed by atoms with Crippen LogP contribution in [-0.4, -0.2) is 0 Å². The Morgan fingerprint density at radius 3 is 2.40 bits per heavy atom. The van der Waals surface area contributed by atoms with E-state index in [0.717, 1.165) is 6.07 Å². The first-order valence-corrected chi connectivity index (χ1v) is 6.35. The predicted octanol–water partition coefficient (Wildman–Crippen LogP) is 3.41. The third-order valence-electron chi connectivity index (χ3n) is 2.89. The lowest BCUT2D eigenvalue weighted by Gasteiger charge is -2.20. The number of hydrazine groups is 1. The smallest absolute Gasteiger partial charge is 0.165 e. The number of anilines is 1. The molecule has 0 aliphatic carbocycles. The SMILES string of the molecule is NNC(c1ccc(Cl)cc1N)c1c(Cl)ccc(F)c1F. The van der Waals surface area contributed by atoms with Gasteiger partial charge in [-0.3, -0.25) is 5.84 Å². The highest BCUT2D eigenvalue weighted by molar-refractivity contribution is 6.31. The Labute approximate surface area is 124 Å². The zero-order valence-corrected chi connectivity index (χ0v) is 11.6. The van der Waals surface area contributed by atoms with Gasteiger partial charge in [0.2, 0.25) is 0 Å². The van der Waals surface area contributed by atoms with Gasteiger partial charge in [0.15, 0.2) is 11.6 Å². The summed E-state index contributed by atoms with van der Waals surface area (Å²) in [6.45, 7) is 0. The Morgan fingerprint density at radius 1 is 1.10 bits per heavy atom. The maximum absolute atomic E-state index is 14.0. The second-order valence-corrected chi connectivity index (χ2v) is 4.97. The van der Waals surface area contributed by atoms with Crippen molar-refractivity contribution in [3.8, 4) is 0 Å². The summed E-state index contributed by atoms with van der Waals surface area (Å²) in [5.41, 5.74) is 8.85. The molecule has 1 atom stereocenters. The van der Waals surface area contributed by atoms with Gasteiger partial charge >= 0.3 is 0 Å². The molecule has 0 spiro atoms. The van der Waals surface area contributed by atoms with Crippen molar-refractivity contribution in [1.29, 1.82) is 0 Å². The van der Waals surface area contributed by atoms with Crippen LogP contribution in [0.2, 0.25) is 10.0 Å². The molecule has 0 saturated heterocycles. The van der Waals surface area contributed by atoms with Gasteiger partial charge in [-0.1, -0.05) is 29.3 Å². The summed E-state index contributed by atoms with van der Waals surface area (Å²) >= 11 is 11.7. The Kier molecular flexibility index (Phi) is 4.45.